The average molecular weight is 316 g/mol. The van der Waals surface area contributed by atoms with Gasteiger partial charge in [0.2, 0.25) is 11.8 Å². The molecule has 0 spiro atoms. The van der Waals surface area contributed by atoms with Crippen molar-refractivity contribution < 1.29 is 18.0 Å². The van der Waals surface area contributed by atoms with Gasteiger partial charge in [-0.1, -0.05) is 13.8 Å². The first kappa shape index (κ1) is 16.3. The zero-order valence-corrected chi connectivity index (χ0v) is 13.5. The molecule has 0 radical (unpaired) electrons. The lowest BCUT2D eigenvalue weighted by Crippen LogP contribution is -2.36. The maximum atomic E-state index is 12.1. The maximum absolute atomic E-state index is 12.1. The number of nitrogens with one attached hydrogen (secondary N) is 1. The smallest absolute Gasteiger partial charge is 0.225 e. The van der Waals surface area contributed by atoms with Crippen LogP contribution in [0.5, 0.6) is 0 Å². The van der Waals surface area contributed by atoms with E-state index in [9.17, 15) is 18.0 Å². The number of carbonyl (C=O) groups excluding carboxylic acids is 2. The molecule has 2 aliphatic rings. The predicted octanol–water partition coefficient (Wildman–Crippen LogP) is 0.0418. The Labute approximate surface area is 126 Å². The highest BCUT2D eigenvalue weighted by molar-refractivity contribution is 7.91. The molecule has 0 saturated carbocycles. The molecule has 2 fully saturated rings. The lowest BCUT2D eigenvalue weighted by Gasteiger charge is -2.19. The van der Waals surface area contributed by atoms with Crippen LogP contribution in [0.1, 0.15) is 26.7 Å². The lowest BCUT2D eigenvalue weighted by atomic mass is 10.1. The van der Waals surface area contributed by atoms with Crippen molar-refractivity contribution in [1.29, 1.82) is 0 Å². The predicted molar refractivity (Wildman–Crippen MR) is 79.3 cm³/mol. The van der Waals surface area contributed by atoms with Gasteiger partial charge in [0.15, 0.2) is 9.84 Å². The van der Waals surface area contributed by atoms with E-state index >= 15 is 0 Å². The largest absolute Gasteiger partial charge is 0.355 e. The third-order valence-electron chi connectivity index (χ3n) is 4.06. The number of likely N-dealkylation sites (tertiary alicyclic amines) is 1. The second-order valence-electron chi connectivity index (χ2n) is 6.61. The van der Waals surface area contributed by atoms with Gasteiger partial charge in [-0.2, -0.15) is 0 Å². The molecule has 0 bridgehead atoms. The number of rotatable bonds is 5. The normalized spacial score (nSPS) is 28.3. The van der Waals surface area contributed by atoms with Gasteiger partial charge >= 0.3 is 0 Å². The van der Waals surface area contributed by atoms with Crippen molar-refractivity contribution >= 4 is 21.7 Å². The van der Waals surface area contributed by atoms with Crippen molar-refractivity contribution in [3.63, 3.8) is 0 Å². The summed E-state index contributed by atoms with van der Waals surface area (Å²) in [5.74, 6) is 0.399. The second kappa shape index (κ2) is 6.34. The molecule has 2 amide bonds. The number of hydrogen-bond acceptors (Lipinski definition) is 4. The minimum atomic E-state index is -2.91. The fourth-order valence-electron chi connectivity index (χ4n) is 2.99. The molecular weight excluding hydrogens is 292 g/mol. The van der Waals surface area contributed by atoms with Crippen LogP contribution in [0.15, 0.2) is 0 Å². The SMILES string of the molecule is CC(C)CN1C[C@H](C(=O)NC[C@H]2CCS(=O)(=O)C2)CC1=O. The third kappa shape index (κ3) is 4.43. The van der Waals surface area contributed by atoms with Crippen LogP contribution in [0.25, 0.3) is 0 Å². The Morgan fingerprint density at radius 1 is 1.43 bits per heavy atom. The molecule has 2 saturated heterocycles. The van der Waals surface area contributed by atoms with E-state index in [0.717, 1.165) is 0 Å². The molecule has 120 valence electrons. The summed E-state index contributed by atoms with van der Waals surface area (Å²) in [4.78, 5) is 25.7. The highest BCUT2D eigenvalue weighted by atomic mass is 32.2. The van der Waals surface area contributed by atoms with Gasteiger partial charge in [0.05, 0.1) is 17.4 Å². The molecule has 2 heterocycles. The summed E-state index contributed by atoms with van der Waals surface area (Å²) in [7, 11) is -2.91. The summed E-state index contributed by atoms with van der Waals surface area (Å²) in [6.07, 6.45) is 0.882. The standard InChI is InChI=1S/C14H24N2O4S/c1-10(2)7-16-8-12(5-13(16)17)14(18)15-6-11-3-4-21(19,20)9-11/h10-12H,3-9H2,1-2H3,(H,15,18)/t11-,12-/m1/s1. The Morgan fingerprint density at radius 3 is 2.71 bits per heavy atom. The van der Waals surface area contributed by atoms with E-state index in [1.165, 1.54) is 0 Å². The first-order chi connectivity index (χ1) is 9.77. The van der Waals surface area contributed by atoms with Gasteiger partial charge in [0.1, 0.15) is 0 Å². The molecule has 21 heavy (non-hydrogen) atoms. The maximum Gasteiger partial charge on any atom is 0.225 e. The van der Waals surface area contributed by atoms with Crippen molar-refractivity contribution in [2.75, 3.05) is 31.1 Å². The molecule has 6 nitrogen and oxygen atoms in total. The van der Waals surface area contributed by atoms with Crippen molar-refractivity contribution in [3.8, 4) is 0 Å². The topological polar surface area (TPSA) is 83.6 Å². The van der Waals surface area contributed by atoms with Crippen LogP contribution in [0.4, 0.5) is 0 Å². The fourth-order valence-corrected chi connectivity index (χ4v) is 4.85. The molecule has 2 rings (SSSR count). The Bertz CT molecular complexity index is 515. The minimum Gasteiger partial charge on any atom is -0.355 e. The molecule has 0 aromatic carbocycles. The summed E-state index contributed by atoms with van der Waals surface area (Å²) in [6, 6.07) is 0. The van der Waals surface area contributed by atoms with Crippen LogP contribution < -0.4 is 5.32 Å². The molecule has 0 aliphatic carbocycles. The average Bonchev–Trinajstić information content (AvgIpc) is 2.90. The van der Waals surface area contributed by atoms with E-state index in [2.05, 4.69) is 5.32 Å². The fraction of sp³-hybridized carbons (Fsp3) is 0.857. The van der Waals surface area contributed by atoms with E-state index in [0.29, 0.717) is 32.0 Å². The van der Waals surface area contributed by atoms with Crippen molar-refractivity contribution in [2.45, 2.75) is 26.7 Å². The van der Waals surface area contributed by atoms with Crippen LogP contribution in [-0.4, -0.2) is 56.3 Å². The van der Waals surface area contributed by atoms with Crippen LogP contribution in [0, 0.1) is 17.8 Å². The van der Waals surface area contributed by atoms with Crippen molar-refractivity contribution in [3.05, 3.63) is 0 Å². The number of sulfone groups is 1. The van der Waals surface area contributed by atoms with E-state index < -0.39 is 9.84 Å². The van der Waals surface area contributed by atoms with E-state index in [-0.39, 0.29) is 41.6 Å². The minimum absolute atomic E-state index is 0.0165. The highest BCUT2D eigenvalue weighted by Gasteiger charge is 2.35. The molecule has 2 atom stereocenters. The van der Waals surface area contributed by atoms with Gasteiger partial charge in [-0.15, -0.1) is 0 Å². The first-order valence-electron chi connectivity index (χ1n) is 7.52. The summed E-state index contributed by atoms with van der Waals surface area (Å²) < 4.78 is 22.7. The molecule has 0 aromatic heterocycles. The van der Waals surface area contributed by atoms with E-state index in [1.807, 2.05) is 13.8 Å². The summed E-state index contributed by atoms with van der Waals surface area (Å²) >= 11 is 0. The van der Waals surface area contributed by atoms with Crippen molar-refractivity contribution in [1.82, 2.24) is 10.2 Å². The first-order valence-corrected chi connectivity index (χ1v) is 9.35. The summed E-state index contributed by atoms with van der Waals surface area (Å²) in [5.41, 5.74) is 0. The zero-order chi connectivity index (χ0) is 15.6. The monoisotopic (exact) mass is 316 g/mol. The number of nitrogens with zero attached hydrogens (tertiary/aromatic N) is 1. The molecule has 0 aromatic rings. The highest BCUT2D eigenvalue weighted by Crippen LogP contribution is 2.20. The quantitative estimate of drug-likeness (QED) is 0.776. The number of carbonyl (C=O) groups is 2. The van der Waals surface area contributed by atoms with Gasteiger partial charge in [-0.3, -0.25) is 9.59 Å². The Hall–Kier alpha value is -1.11. The van der Waals surface area contributed by atoms with Crippen LogP contribution in [-0.2, 0) is 19.4 Å². The van der Waals surface area contributed by atoms with E-state index in [4.69, 9.17) is 0 Å². The Balaban J connectivity index is 1.78. The Kier molecular flexibility index (Phi) is 4.91. The van der Waals surface area contributed by atoms with Gasteiger partial charge in [-0.05, 0) is 18.3 Å². The van der Waals surface area contributed by atoms with Crippen LogP contribution in [0.2, 0.25) is 0 Å². The molecule has 0 unspecified atom stereocenters. The molecule has 2 aliphatic heterocycles. The lowest BCUT2D eigenvalue weighted by molar-refractivity contribution is -0.129. The van der Waals surface area contributed by atoms with Crippen LogP contribution in [0.3, 0.4) is 0 Å². The third-order valence-corrected chi connectivity index (χ3v) is 5.90. The number of hydrogen-bond donors (Lipinski definition) is 1. The Morgan fingerprint density at radius 2 is 2.14 bits per heavy atom. The summed E-state index contributed by atoms with van der Waals surface area (Å²) in [6.45, 7) is 5.64. The van der Waals surface area contributed by atoms with Gasteiger partial charge in [0, 0.05) is 26.1 Å². The molecule has 1 N–H and O–H groups in total. The van der Waals surface area contributed by atoms with Gasteiger partial charge in [0.25, 0.3) is 0 Å². The molecular formula is C14H24N2O4S. The zero-order valence-electron chi connectivity index (χ0n) is 12.7. The second-order valence-corrected chi connectivity index (χ2v) is 8.84. The van der Waals surface area contributed by atoms with Gasteiger partial charge < -0.3 is 10.2 Å². The van der Waals surface area contributed by atoms with Crippen LogP contribution >= 0.6 is 0 Å². The summed E-state index contributed by atoms with van der Waals surface area (Å²) in [5, 5.41) is 2.82. The van der Waals surface area contributed by atoms with E-state index in [1.54, 1.807) is 4.90 Å². The van der Waals surface area contributed by atoms with Gasteiger partial charge in [-0.25, -0.2) is 8.42 Å². The number of amides is 2. The van der Waals surface area contributed by atoms with Crippen molar-refractivity contribution in [2.24, 2.45) is 17.8 Å². The molecule has 7 heteroatoms.